The van der Waals surface area contributed by atoms with Crippen LogP contribution in [0.15, 0.2) is 34.2 Å². The Morgan fingerprint density at radius 3 is 2.88 bits per heavy atom. The number of morpholine rings is 1. The molecule has 9 heteroatoms. The first kappa shape index (κ1) is 22.4. The molecular formula is C24H27N3O4S2. The van der Waals surface area contributed by atoms with Crippen LogP contribution >= 0.6 is 23.1 Å². The van der Waals surface area contributed by atoms with Crippen LogP contribution in [0.25, 0.3) is 15.9 Å². The normalized spacial score (nSPS) is 18.0. The molecule has 33 heavy (non-hydrogen) atoms. The average Bonchev–Trinajstić information content (AvgIpc) is 3.39. The van der Waals surface area contributed by atoms with Gasteiger partial charge in [0.2, 0.25) is 5.91 Å². The Bertz CT molecular complexity index is 1240. The SMILES string of the molecule is CCOc1ccc(-n2c(SCC(=O)N3CCOC(C)C3)nc3sc4c(c3c2=O)CCC4)cc1. The molecule has 0 radical (unpaired) electrons. The van der Waals surface area contributed by atoms with Gasteiger partial charge in [0.25, 0.3) is 5.56 Å². The van der Waals surface area contributed by atoms with E-state index in [4.69, 9.17) is 14.5 Å². The van der Waals surface area contributed by atoms with Gasteiger partial charge in [-0.2, -0.15) is 0 Å². The van der Waals surface area contributed by atoms with Crippen molar-refractivity contribution < 1.29 is 14.3 Å². The number of aryl methyl sites for hydroxylation is 2. The lowest BCUT2D eigenvalue weighted by molar-refractivity contribution is -0.135. The van der Waals surface area contributed by atoms with Gasteiger partial charge in [-0.05, 0) is 62.9 Å². The molecule has 1 fully saturated rings. The molecule has 174 valence electrons. The number of thiophene rings is 1. The van der Waals surface area contributed by atoms with Crippen molar-refractivity contribution in [2.75, 3.05) is 32.1 Å². The van der Waals surface area contributed by atoms with Gasteiger partial charge in [-0.25, -0.2) is 4.98 Å². The van der Waals surface area contributed by atoms with E-state index in [0.29, 0.717) is 31.5 Å². The minimum absolute atomic E-state index is 0.0383. The van der Waals surface area contributed by atoms with E-state index in [1.807, 2.05) is 43.0 Å². The zero-order valence-corrected chi connectivity index (χ0v) is 20.5. The standard InChI is InChI=1S/C24H27N3O4S2/c1-3-30-17-9-7-16(8-10-17)27-23(29)21-18-5-4-6-19(18)33-22(21)25-24(27)32-14-20(28)26-11-12-31-15(2)13-26/h7-10,15H,3-6,11-14H2,1-2H3. The van der Waals surface area contributed by atoms with Crippen molar-refractivity contribution in [3.05, 3.63) is 45.1 Å². The van der Waals surface area contributed by atoms with E-state index >= 15 is 0 Å². The van der Waals surface area contributed by atoms with E-state index in [1.165, 1.54) is 16.6 Å². The smallest absolute Gasteiger partial charge is 0.267 e. The van der Waals surface area contributed by atoms with Crippen LogP contribution in [0.4, 0.5) is 0 Å². The number of thioether (sulfide) groups is 1. The number of fused-ring (bicyclic) bond motifs is 3. The predicted molar refractivity (Wildman–Crippen MR) is 131 cm³/mol. The van der Waals surface area contributed by atoms with Gasteiger partial charge >= 0.3 is 0 Å². The zero-order chi connectivity index (χ0) is 22.9. The van der Waals surface area contributed by atoms with Gasteiger partial charge in [0.15, 0.2) is 5.16 Å². The van der Waals surface area contributed by atoms with Crippen LogP contribution in [-0.2, 0) is 22.4 Å². The van der Waals surface area contributed by atoms with Gasteiger partial charge in [-0.1, -0.05) is 11.8 Å². The molecule has 5 rings (SSSR count). The molecule has 1 unspecified atom stereocenters. The summed E-state index contributed by atoms with van der Waals surface area (Å²) in [4.78, 5) is 35.4. The fourth-order valence-electron chi connectivity index (χ4n) is 4.47. The van der Waals surface area contributed by atoms with Crippen molar-refractivity contribution in [2.24, 2.45) is 0 Å². The first-order valence-corrected chi connectivity index (χ1v) is 13.2. The van der Waals surface area contributed by atoms with Crippen molar-refractivity contribution in [1.29, 1.82) is 0 Å². The second-order valence-corrected chi connectivity index (χ2v) is 10.3. The van der Waals surface area contributed by atoms with E-state index in [-0.39, 0.29) is 23.3 Å². The first-order valence-electron chi connectivity index (χ1n) is 11.4. The molecule has 1 aliphatic heterocycles. The number of aromatic nitrogens is 2. The molecule has 3 heterocycles. The summed E-state index contributed by atoms with van der Waals surface area (Å²) in [5.41, 5.74) is 1.83. The molecule has 0 N–H and O–H groups in total. The Labute approximate surface area is 200 Å². The Morgan fingerprint density at radius 2 is 2.12 bits per heavy atom. The van der Waals surface area contributed by atoms with Crippen molar-refractivity contribution in [1.82, 2.24) is 14.5 Å². The minimum atomic E-state index is -0.0569. The minimum Gasteiger partial charge on any atom is -0.494 e. The first-order chi connectivity index (χ1) is 16.0. The number of amides is 1. The van der Waals surface area contributed by atoms with E-state index in [2.05, 4.69) is 0 Å². The van der Waals surface area contributed by atoms with Crippen LogP contribution in [0.1, 0.15) is 30.7 Å². The molecule has 1 aliphatic carbocycles. The Hall–Kier alpha value is -2.36. The van der Waals surface area contributed by atoms with Crippen LogP contribution in [0, 0.1) is 0 Å². The fourth-order valence-corrected chi connectivity index (χ4v) is 6.69. The summed E-state index contributed by atoms with van der Waals surface area (Å²) in [7, 11) is 0. The fraction of sp³-hybridized carbons (Fsp3) is 0.458. The lowest BCUT2D eigenvalue weighted by Gasteiger charge is -2.31. The Morgan fingerprint density at radius 1 is 1.30 bits per heavy atom. The lowest BCUT2D eigenvalue weighted by Crippen LogP contribution is -2.45. The second-order valence-electron chi connectivity index (χ2n) is 8.31. The highest BCUT2D eigenvalue weighted by Crippen LogP contribution is 2.36. The third-order valence-electron chi connectivity index (χ3n) is 6.03. The summed E-state index contributed by atoms with van der Waals surface area (Å²) in [6.45, 7) is 6.24. The number of ether oxygens (including phenoxy) is 2. The Kier molecular flexibility index (Phi) is 6.44. The molecule has 2 aromatic heterocycles. The number of rotatable bonds is 6. The van der Waals surface area contributed by atoms with Crippen molar-refractivity contribution >= 4 is 39.2 Å². The molecule has 2 aliphatic rings. The van der Waals surface area contributed by atoms with Gasteiger partial charge in [-0.3, -0.25) is 14.2 Å². The quantitative estimate of drug-likeness (QED) is 0.392. The lowest BCUT2D eigenvalue weighted by atomic mass is 10.2. The average molecular weight is 486 g/mol. The highest BCUT2D eigenvalue weighted by atomic mass is 32.2. The number of carbonyl (C=O) groups excluding carboxylic acids is 1. The second kappa shape index (κ2) is 9.48. The topological polar surface area (TPSA) is 73.7 Å². The third-order valence-corrected chi connectivity index (χ3v) is 8.14. The Balaban J connectivity index is 1.51. The molecule has 3 aromatic rings. The maximum atomic E-state index is 13.7. The van der Waals surface area contributed by atoms with Crippen LogP contribution in [0.2, 0.25) is 0 Å². The van der Waals surface area contributed by atoms with Crippen molar-refractivity contribution in [2.45, 2.75) is 44.4 Å². The molecule has 1 aromatic carbocycles. The highest BCUT2D eigenvalue weighted by Gasteiger charge is 2.26. The van der Waals surface area contributed by atoms with E-state index in [1.54, 1.807) is 15.9 Å². The van der Waals surface area contributed by atoms with Gasteiger partial charge in [0.1, 0.15) is 10.6 Å². The molecule has 0 bridgehead atoms. The van der Waals surface area contributed by atoms with Crippen LogP contribution in [-0.4, -0.2) is 58.5 Å². The van der Waals surface area contributed by atoms with Crippen molar-refractivity contribution in [3.8, 4) is 11.4 Å². The summed E-state index contributed by atoms with van der Waals surface area (Å²) in [5, 5.41) is 1.28. The third kappa shape index (κ3) is 4.41. The summed E-state index contributed by atoms with van der Waals surface area (Å²) in [6.07, 6.45) is 3.06. The monoisotopic (exact) mass is 485 g/mol. The van der Waals surface area contributed by atoms with Gasteiger partial charge in [0, 0.05) is 18.0 Å². The number of hydrogen-bond donors (Lipinski definition) is 0. The van der Waals surface area contributed by atoms with Gasteiger partial charge in [-0.15, -0.1) is 11.3 Å². The highest BCUT2D eigenvalue weighted by molar-refractivity contribution is 7.99. The number of carbonyl (C=O) groups is 1. The maximum Gasteiger partial charge on any atom is 0.267 e. The van der Waals surface area contributed by atoms with Crippen LogP contribution in [0.5, 0.6) is 5.75 Å². The van der Waals surface area contributed by atoms with E-state index in [9.17, 15) is 9.59 Å². The summed E-state index contributed by atoms with van der Waals surface area (Å²) in [6, 6.07) is 7.48. The van der Waals surface area contributed by atoms with Crippen LogP contribution < -0.4 is 10.3 Å². The summed E-state index contributed by atoms with van der Waals surface area (Å²) < 4.78 is 12.8. The molecule has 1 saturated heterocycles. The molecule has 1 amide bonds. The maximum absolute atomic E-state index is 13.7. The largest absolute Gasteiger partial charge is 0.494 e. The number of hydrogen-bond acceptors (Lipinski definition) is 7. The van der Waals surface area contributed by atoms with Crippen molar-refractivity contribution in [3.63, 3.8) is 0 Å². The molecule has 0 saturated carbocycles. The molecule has 1 atom stereocenters. The zero-order valence-electron chi connectivity index (χ0n) is 18.8. The van der Waals surface area contributed by atoms with Crippen LogP contribution in [0.3, 0.4) is 0 Å². The summed E-state index contributed by atoms with van der Waals surface area (Å²) in [5.74, 6) is 1.02. The van der Waals surface area contributed by atoms with E-state index in [0.717, 1.165) is 46.5 Å². The molecule has 7 nitrogen and oxygen atoms in total. The number of nitrogens with zero attached hydrogens (tertiary/aromatic N) is 3. The molecule has 0 spiro atoms. The van der Waals surface area contributed by atoms with Gasteiger partial charge < -0.3 is 14.4 Å². The van der Waals surface area contributed by atoms with Gasteiger partial charge in [0.05, 0.1) is 36.1 Å². The summed E-state index contributed by atoms with van der Waals surface area (Å²) >= 11 is 2.94. The molecular weight excluding hydrogens is 458 g/mol. The number of benzene rings is 1. The predicted octanol–water partition coefficient (Wildman–Crippen LogP) is 3.67. The van der Waals surface area contributed by atoms with E-state index < -0.39 is 0 Å².